The second kappa shape index (κ2) is 7.17. The van der Waals surface area contributed by atoms with Crippen LogP contribution < -0.4 is 10.6 Å². The van der Waals surface area contributed by atoms with Gasteiger partial charge in [0.1, 0.15) is 5.82 Å². The van der Waals surface area contributed by atoms with Crippen molar-refractivity contribution < 1.29 is 19.1 Å². The summed E-state index contributed by atoms with van der Waals surface area (Å²) in [5.41, 5.74) is -0.340. The summed E-state index contributed by atoms with van der Waals surface area (Å²) >= 11 is 0. The summed E-state index contributed by atoms with van der Waals surface area (Å²) in [4.78, 5) is 23.1. The number of halogens is 1. The third-order valence-electron chi connectivity index (χ3n) is 3.03. The smallest absolute Gasteiger partial charge is 0.313 e. The molecule has 0 aliphatic rings. The number of carbonyl (C=O) groups excluding carboxylic acids is 2. The first-order chi connectivity index (χ1) is 9.71. The lowest BCUT2D eigenvalue weighted by atomic mass is 9.87. The van der Waals surface area contributed by atoms with Gasteiger partial charge in [-0.25, -0.2) is 4.39 Å². The number of amides is 2. The molecule has 116 valence electrons. The van der Waals surface area contributed by atoms with Gasteiger partial charge >= 0.3 is 11.8 Å². The minimum atomic E-state index is -0.939. The Labute approximate surface area is 123 Å². The number of hydrogen-bond acceptors (Lipinski definition) is 3. The first-order valence-electron chi connectivity index (χ1n) is 6.73. The molecule has 21 heavy (non-hydrogen) atoms. The van der Waals surface area contributed by atoms with E-state index < -0.39 is 23.7 Å². The number of nitrogens with one attached hydrogen (secondary N) is 2. The number of benzene rings is 1. The molecule has 0 aliphatic heterocycles. The van der Waals surface area contributed by atoms with E-state index in [0.29, 0.717) is 6.42 Å². The molecule has 0 aliphatic carbocycles. The fourth-order valence-corrected chi connectivity index (χ4v) is 1.58. The molecule has 0 saturated heterocycles. The standard InChI is InChI=1S/C15H21FN2O3/c1-15(2,3)12(19)8-9-17-13(20)14(21)18-11-7-5-4-6-10(11)16/h4-7,12,19H,8-9H2,1-3H3,(H,17,20)(H,18,21). The predicted octanol–water partition coefficient (Wildman–Crippen LogP) is 1.68. The molecule has 1 aromatic carbocycles. The molecule has 0 saturated carbocycles. The Morgan fingerprint density at radius 1 is 1.24 bits per heavy atom. The first kappa shape index (κ1) is 17.1. The van der Waals surface area contributed by atoms with Crippen molar-refractivity contribution in [1.29, 1.82) is 0 Å². The fraction of sp³-hybridized carbons (Fsp3) is 0.467. The van der Waals surface area contributed by atoms with Gasteiger partial charge in [-0.1, -0.05) is 32.9 Å². The van der Waals surface area contributed by atoms with Crippen LogP contribution >= 0.6 is 0 Å². The highest BCUT2D eigenvalue weighted by molar-refractivity contribution is 6.39. The molecular formula is C15H21FN2O3. The third kappa shape index (κ3) is 5.51. The van der Waals surface area contributed by atoms with E-state index in [1.54, 1.807) is 6.07 Å². The average molecular weight is 296 g/mol. The van der Waals surface area contributed by atoms with E-state index in [-0.39, 0.29) is 17.6 Å². The minimum Gasteiger partial charge on any atom is -0.393 e. The van der Waals surface area contributed by atoms with Crippen LogP contribution in [0.2, 0.25) is 0 Å². The molecule has 2 amide bonds. The number of anilines is 1. The summed E-state index contributed by atoms with van der Waals surface area (Å²) in [7, 11) is 0. The van der Waals surface area contributed by atoms with Crippen molar-refractivity contribution in [3.63, 3.8) is 0 Å². The molecule has 0 fully saturated rings. The summed E-state index contributed by atoms with van der Waals surface area (Å²) in [6, 6.07) is 5.59. The number of carbonyl (C=O) groups is 2. The zero-order chi connectivity index (χ0) is 16.0. The van der Waals surface area contributed by atoms with Crippen LogP contribution in [0.1, 0.15) is 27.2 Å². The molecule has 0 spiro atoms. The number of para-hydroxylation sites is 1. The second-order valence-electron chi connectivity index (χ2n) is 5.86. The molecule has 0 aromatic heterocycles. The van der Waals surface area contributed by atoms with Crippen LogP contribution in [0.15, 0.2) is 24.3 Å². The molecule has 1 aromatic rings. The van der Waals surface area contributed by atoms with Gasteiger partial charge < -0.3 is 15.7 Å². The lowest BCUT2D eigenvalue weighted by Crippen LogP contribution is -2.38. The quantitative estimate of drug-likeness (QED) is 0.740. The van der Waals surface area contributed by atoms with E-state index in [4.69, 9.17) is 0 Å². The molecule has 0 bridgehead atoms. The number of aliphatic hydroxyl groups is 1. The van der Waals surface area contributed by atoms with Gasteiger partial charge in [0.2, 0.25) is 0 Å². The maximum atomic E-state index is 13.3. The van der Waals surface area contributed by atoms with Crippen molar-refractivity contribution in [2.75, 3.05) is 11.9 Å². The third-order valence-corrected chi connectivity index (χ3v) is 3.03. The highest BCUT2D eigenvalue weighted by atomic mass is 19.1. The van der Waals surface area contributed by atoms with Gasteiger partial charge in [-0.3, -0.25) is 9.59 Å². The second-order valence-corrected chi connectivity index (χ2v) is 5.86. The number of rotatable bonds is 4. The van der Waals surface area contributed by atoms with E-state index in [0.717, 1.165) is 0 Å². The van der Waals surface area contributed by atoms with Crippen LogP contribution in [0.3, 0.4) is 0 Å². The highest BCUT2D eigenvalue weighted by Crippen LogP contribution is 2.20. The fourth-order valence-electron chi connectivity index (χ4n) is 1.58. The Balaban J connectivity index is 2.42. The van der Waals surface area contributed by atoms with Crippen LogP contribution in [0.5, 0.6) is 0 Å². The monoisotopic (exact) mass is 296 g/mol. The Morgan fingerprint density at radius 3 is 2.43 bits per heavy atom. The molecule has 1 atom stereocenters. The van der Waals surface area contributed by atoms with Crippen LogP contribution in [0.25, 0.3) is 0 Å². The molecule has 5 nitrogen and oxygen atoms in total. The van der Waals surface area contributed by atoms with E-state index in [1.165, 1.54) is 18.2 Å². The molecule has 1 unspecified atom stereocenters. The van der Waals surface area contributed by atoms with Crippen molar-refractivity contribution in [2.45, 2.75) is 33.3 Å². The van der Waals surface area contributed by atoms with Gasteiger partial charge in [-0.05, 0) is 24.0 Å². The normalized spacial score (nSPS) is 12.6. The SMILES string of the molecule is CC(C)(C)C(O)CCNC(=O)C(=O)Nc1ccccc1F. The van der Waals surface area contributed by atoms with E-state index in [2.05, 4.69) is 10.6 Å². The summed E-state index contributed by atoms with van der Waals surface area (Å²) < 4.78 is 13.3. The van der Waals surface area contributed by atoms with Crippen molar-refractivity contribution in [3.05, 3.63) is 30.1 Å². The summed E-state index contributed by atoms with van der Waals surface area (Å²) in [5.74, 6) is -2.41. The Bertz CT molecular complexity index is 512. The van der Waals surface area contributed by atoms with E-state index >= 15 is 0 Å². The zero-order valence-corrected chi connectivity index (χ0v) is 12.4. The molecule has 1 rings (SSSR count). The van der Waals surface area contributed by atoms with E-state index in [9.17, 15) is 19.1 Å². The average Bonchev–Trinajstić information content (AvgIpc) is 2.39. The van der Waals surface area contributed by atoms with Gasteiger partial charge in [0.05, 0.1) is 11.8 Å². The molecule has 3 N–H and O–H groups in total. The zero-order valence-electron chi connectivity index (χ0n) is 12.4. The van der Waals surface area contributed by atoms with Crippen molar-refractivity contribution in [2.24, 2.45) is 5.41 Å². The maximum absolute atomic E-state index is 13.3. The topological polar surface area (TPSA) is 78.4 Å². The molecule has 0 heterocycles. The minimum absolute atomic E-state index is 0.0487. The van der Waals surface area contributed by atoms with Gasteiger partial charge in [-0.2, -0.15) is 0 Å². The van der Waals surface area contributed by atoms with Crippen molar-refractivity contribution in [3.8, 4) is 0 Å². The van der Waals surface area contributed by atoms with Crippen molar-refractivity contribution in [1.82, 2.24) is 5.32 Å². The van der Waals surface area contributed by atoms with Crippen LogP contribution in [-0.4, -0.2) is 29.6 Å². The summed E-state index contributed by atoms with van der Waals surface area (Å²) in [6.45, 7) is 5.81. The van der Waals surface area contributed by atoms with Gasteiger partial charge in [-0.15, -0.1) is 0 Å². The van der Waals surface area contributed by atoms with E-state index in [1.807, 2.05) is 20.8 Å². The number of hydrogen-bond donors (Lipinski definition) is 3. The number of aliphatic hydroxyl groups excluding tert-OH is 1. The summed E-state index contributed by atoms with van der Waals surface area (Å²) in [5, 5.41) is 14.4. The van der Waals surface area contributed by atoms with Crippen LogP contribution in [-0.2, 0) is 9.59 Å². The molecule has 6 heteroatoms. The van der Waals surface area contributed by atoms with Gasteiger partial charge in [0.25, 0.3) is 0 Å². The van der Waals surface area contributed by atoms with Crippen LogP contribution in [0, 0.1) is 11.2 Å². The molecule has 0 radical (unpaired) electrons. The first-order valence-corrected chi connectivity index (χ1v) is 6.73. The van der Waals surface area contributed by atoms with Gasteiger partial charge in [0, 0.05) is 6.54 Å². The largest absolute Gasteiger partial charge is 0.393 e. The Hall–Kier alpha value is -1.95. The van der Waals surface area contributed by atoms with Gasteiger partial charge in [0.15, 0.2) is 0 Å². The lowest BCUT2D eigenvalue weighted by Gasteiger charge is -2.25. The Kier molecular flexibility index (Phi) is 5.84. The lowest BCUT2D eigenvalue weighted by molar-refractivity contribution is -0.136. The van der Waals surface area contributed by atoms with Crippen molar-refractivity contribution >= 4 is 17.5 Å². The maximum Gasteiger partial charge on any atom is 0.313 e. The molecular weight excluding hydrogens is 275 g/mol. The van der Waals surface area contributed by atoms with Crippen LogP contribution in [0.4, 0.5) is 10.1 Å². The highest BCUT2D eigenvalue weighted by Gasteiger charge is 2.22. The summed E-state index contributed by atoms with van der Waals surface area (Å²) in [6.07, 6.45) is -0.255. The Morgan fingerprint density at radius 2 is 1.86 bits per heavy atom. The predicted molar refractivity (Wildman–Crippen MR) is 78.1 cm³/mol.